The Bertz CT molecular complexity index is 690. The van der Waals surface area contributed by atoms with Crippen molar-refractivity contribution >= 4 is 17.9 Å². The molecular formula is C27H42O6. The van der Waals surface area contributed by atoms with E-state index in [9.17, 15) is 14.4 Å². The van der Waals surface area contributed by atoms with Crippen LogP contribution in [0.1, 0.15) is 106 Å². The molecular weight excluding hydrogens is 420 g/mol. The summed E-state index contributed by atoms with van der Waals surface area (Å²) in [6, 6.07) is 5.02. The quantitative estimate of drug-likeness (QED) is 0.215. The van der Waals surface area contributed by atoms with Gasteiger partial charge >= 0.3 is 17.9 Å². The van der Waals surface area contributed by atoms with Crippen molar-refractivity contribution < 1.29 is 29.3 Å². The highest BCUT2D eigenvalue weighted by Gasteiger charge is 2.16. The van der Waals surface area contributed by atoms with Crippen molar-refractivity contribution in [2.45, 2.75) is 85.5 Å². The van der Waals surface area contributed by atoms with Crippen molar-refractivity contribution in [2.24, 2.45) is 11.8 Å². The van der Waals surface area contributed by atoms with Crippen LogP contribution < -0.4 is 0 Å². The lowest BCUT2D eigenvalue weighted by molar-refractivity contribution is -0.140. The second kappa shape index (κ2) is 17.9. The molecule has 0 spiro atoms. The van der Waals surface area contributed by atoms with E-state index < -0.39 is 11.9 Å². The van der Waals surface area contributed by atoms with Crippen LogP contribution in [0.3, 0.4) is 0 Å². The van der Waals surface area contributed by atoms with Gasteiger partial charge in [0.15, 0.2) is 0 Å². The van der Waals surface area contributed by atoms with E-state index in [4.69, 9.17) is 14.9 Å². The topological polar surface area (TPSA) is 101 Å². The van der Waals surface area contributed by atoms with Crippen LogP contribution in [0.4, 0.5) is 0 Å². The molecule has 0 aliphatic carbocycles. The number of carbonyl (C=O) groups excluding carboxylic acids is 1. The lowest BCUT2D eigenvalue weighted by atomic mass is 9.92. The highest BCUT2D eigenvalue weighted by molar-refractivity contribution is 5.91. The van der Waals surface area contributed by atoms with Gasteiger partial charge in [-0.25, -0.2) is 14.4 Å². The number of benzene rings is 1. The van der Waals surface area contributed by atoms with Gasteiger partial charge in [0.1, 0.15) is 0 Å². The number of unbranched alkanes of at least 4 members (excludes halogenated alkanes) is 2. The van der Waals surface area contributed by atoms with E-state index in [0.29, 0.717) is 24.0 Å². The first-order valence-electron chi connectivity index (χ1n) is 12.1. The third-order valence-electron chi connectivity index (χ3n) is 5.74. The Hall–Kier alpha value is -2.63. The van der Waals surface area contributed by atoms with Crippen LogP contribution in [0.2, 0.25) is 0 Å². The lowest BCUT2D eigenvalue weighted by Crippen LogP contribution is -2.16. The first-order valence-corrected chi connectivity index (χ1v) is 12.1. The SMILES string of the molecule is C=C(CC(CC)CCCC)C(=O)OCC(CC)CCCC.O=C(O)c1ccc(C(=O)O)cc1. The largest absolute Gasteiger partial charge is 0.478 e. The van der Waals surface area contributed by atoms with Gasteiger partial charge in [0.25, 0.3) is 0 Å². The number of carbonyl (C=O) groups is 3. The molecule has 0 bridgehead atoms. The minimum absolute atomic E-state index is 0.0833. The van der Waals surface area contributed by atoms with Gasteiger partial charge in [0, 0.05) is 5.57 Å². The molecule has 0 fully saturated rings. The smallest absolute Gasteiger partial charge is 0.335 e. The zero-order valence-corrected chi connectivity index (χ0v) is 20.8. The first kappa shape index (κ1) is 30.4. The molecule has 0 aliphatic rings. The molecule has 186 valence electrons. The summed E-state index contributed by atoms with van der Waals surface area (Å²) in [4.78, 5) is 32.7. The molecule has 6 heteroatoms. The van der Waals surface area contributed by atoms with Crippen molar-refractivity contribution in [1.29, 1.82) is 0 Å². The molecule has 2 atom stereocenters. The monoisotopic (exact) mass is 462 g/mol. The van der Waals surface area contributed by atoms with E-state index in [1.165, 1.54) is 56.4 Å². The zero-order chi connectivity index (χ0) is 25.2. The number of carboxylic acids is 2. The Kier molecular flexibility index (Phi) is 16.4. The predicted octanol–water partition coefficient (Wildman–Crippen LogP) is 6.99. The first-order chi connectivity index (χ1) is 15.7. The van der Waals surface area contributed by atoms with Crippen LogP contribution in [-0.2, 0) is 9.53 Å². The number of hydrogen-bond acceptors (Lipinski definition) is 4. The summed E-state index contributed by atoms with van der Waals surface area (Å²) < 4.78 is 5.47. The standard InChI is InChI=1S/C19H36O2.C8H6O4/c1-6-10-12-17(8-3)14-16(5)19(20)21-15-18(9-4)13-11-7-2;9-7(10)5-1-2-6(4-3-5)8(11)12/h17-18H,5-15H2,1-4H3;1-4H,(H,9,10)(H,11,12). The van der Waals surface area contributed by atoms with Crippen molar-refractivity contribution in [3.8, 4) is 0 Å². The average Bonchev–Trinajstić information content (AvgIpc) is 2.81. The Morgan fingerprint density at radius 3 is 1.61 bits per heavy atom. The summed E-state index contributed by atoms with van der Waals surface area (Å²) in [6.45, 7) is 13.3. The molecule has 0 amide bonds. The molecule has 0 saturated heterocycles. The summed E-state index contributed by atoms with van der Waals surface area (Å²) in [5.41, 5.74) is 0.822. The predicted molar refractivity (Wildman–Crippen MR) is 132 cm³/mol. The maximum absolute atomic E-state index is 12.0. The van der Waals surface area contributed by atoms with Gasteiger partial charge < -0.3 is 14.9 Å². The van der Waals surface area contributed by atoms with Gasteiger partial charge in [0.05, 0.1) is 17.7 Å². The highest BCUT2D eigenvalue weighted by atomic mass is 16.5. The summed E-state index contributed by atoms with van der Waals surface area (Å²) >= 11 is 0. The molecule has 1 rings (SSSR count). The van der Waals surface area contributed by atoms with E-state index in [2.05, 4.69) is 34.3 Å². The molecule has 1 aromatic carbocycles. The zero-order valence-electron chi connectivity index (χ0n) is 20.8. The molecule has 2 unspecified atom stereocenters. The van der Waals surface area contributed by atoms with Gasteiger partial charge in [-0.1, -0.05) is 79.2 Å². The Morgan fingerprint density at radius 1 is 0.818 bits per heavy atom. The maximum atomic E-state index is 12.0. The molecule has 6 nitrogen and oxygen atoms in total. The van der Waals surface area contributed by atoms with Crippen molar-refractivity contribution in [3.05, 3.63) is 47.5 Å². The van der Waals surface area contributed by atoms with Crippen molar-refractivity contribution in [3.63, 3.8) is 0 Å². The summed E-state index contributed by atoms with van der Waals surface area (Å²) in [5.74, 6) is -1.23. The minimum atomic E-state index is -1.06. The van der Waals surface area contributed by atoms with Gasteiger partial charge in [-0.15, -0.1) is 0 Å². The fourth-order valence-electron chi connectivity index (χ4n) is 3.32. The van der Waals surface area contributed by atoms with Gasteiger partial charge in [-0.05, 0) is 48.9 Å². The fraction of sp³-hybridized carbons (Fsp3) is 0.593. The van der Waals surface area contributed by atoms with Gasteiger partial charge in [0.2, 0.25) is 0 Å². The molecule has 0 radical (unpaired) electrons. The second-order valence-electron chi connectivity index (χ2n) is 8.43. The molecule has 2 N–H and O–H groups in total. The van der Waals surface area contributed by atoms with Crippen LogP contribution >= 0.6 is 0 Å². The number of rotatable bonds is 15. The number of esters is 1. The van der Waals surface area contributed by atoms with Gasteiger partial charge in [-0.3, -0.25) is 0 Å². The summed E-state index contributed by atoms with van der Waals surface area (Å²) in [7, 11) is 0. The Labute approximate surface area is 199 Å². The molecule has 1 aromatic rings. The molecule has 0 aromatic heterocycles. The lowest BCUT2D eigenvalue weighted by Gasteiger charge is -2.18. The van der Waals surface area contributed by atoms with Crippen LogP contribution in [-0.4, -0.2) is 34.7 Å². The molecule has 0 aliphatic heterocycles. The van der Waals surface area contributed by atoms with E-state index in [0.717, 1.165) is 25.7 Å². The molecule has 0 saturated carbocycles. The maximum Gasteiger partial charge on any atom is 0.335 e. The van der Waals surface area contributed by atoms with E-state index >= 15 is 0 Å². The van der Waals surface area contributed by atoms with Crippen molar-refractivity contribution in [2.75, 3.05) is 6.61 Å². The van der Waals surface area contributed by atoms with Gasteiger partial charge in [-0.2, -0.15) is 0 Å². The number of carboxylic acid groups (broad SMARTS) is 2. The number of aromatic carboxylic acids is 2. The second-order valence-corrected chi connectivity index (χ2v) is 8.43. The number of ether oxygens (including phenoxy) is 1. The third-order valence-corrected chi connectivity index (χ3v) is 5.74. The summed E-state index contributed by atoms with van der Waals surface area (Å²) in [6.07, 6.45) is 10.2. The average molecular weight is 463 g/mol. The molecule has 33 heavy (non-hydrogen) atoms. The van der Waals surface area contributed by atoms with Crippen LogP contribution in [0.5, 0.6) is 0 Å². The Morgan fingerprint density at radius 2 is 1.24 bits per heavy atom. The minimum Gasteiger partial charge on any atom is -0.478 e. The van der Waals surface area contributed by atoms with E-state index in [-0.39, 0.29) is 17.1 Å². The van der Waals surface area contributed by atoms with Crippen LogP contribution in [0.15, 0.2) is 36.4 Å². The third kappa shape index (κ3) is 13.5. The van der Waals surface area contributed by atoms with Crippen LogP contribution in [0.25, 0.3) is 0 Å². The number of hydrogen-bond donors (Lipinski definition) is 2. The fourth-order valence-corrected chi connectivity index (χ4v) is 3.32. The normalized spacial score (nSPS) is 12.1. The van der Waals surface area contributed by atoms with E-state index in [1.807, 2.05) is 0 Å². The van der Waals surface area contributed by atoms with Crippen LogP contribution in [0, 0.1) is 11.8 Å². The molecule has 0 heterocycles. The van der Waals surface area contributed by atoms with E-state index in [1.54, 1.807) is 0 Å². The highest BCUT2D eigenvalue weighted by Crippen LogP contribution is 2.22. The van der Waals surface area contributed by atoms with Crippen molar-refractivity contribution in [1.82, 2.24) is 0 Å². The summed E-state index contributed by atoms with van der Waals surface area (Å²) in [5, 5.41) is 16.9. The Balaban J connectivity index is 0.000000716.